The number of nitrogen functional groups attached to an aromatic ring is 1. The van der Waals surface area contributed by atoms with Gasteiger partial charge in [0.15, 0.2) is 0 Å². The molecule has 17 heavy (non-hydrogen) atoms. The Morgan fingerprint density at radius 2 is 2.18 bits per heavy atom. The van der Waals surface area contributed by atoms with Crippen LogP contribution in [0.4, 0.5) is 5.69 Å². The summed E-state index contributed by atoms with van der Waals surface area (Å²) < 4.78 is 5.86. The fourth-order valence-electron chi connectivity index (χ4n) is 1.32. The maximum absolute atomic E-state index is 11.7. The van der Waals surface area contributed by atoms with E-state index in [2.05, 4.69) is 15.9 Å². The molecule has 0 bridgehead atoms. The third-order valence-electron chi connectivity index (χ3n) is 2.19. The molecule has 0 atom stereocenters. The van der Waals surface area contributed by atoms with Crippen molar-refractivity contribution >= 4 is 27.6 Å². The van der Waals surface area contributed by atoms with E-state index < -0.39 is 0 Å². The van der Waals surface area contributed by atoms with Crippen LogP contribution in [0, 0.1) is 0 Å². The van der Waals surface area contributed by atoms with Crippen LogP contribution in [0.15, 0.2) is 22.7 Å². The lowest BCUT2D eigenvalue weighted by Crippen LogP contribution is -2.16. The number of halogens is 1. The van der Waals surface area contributed by atoms with E-state index in [0.29, 0.717) is 22.3 Å². The van der Waals surface area contributed by atoms with Gasteiger partial charge in [0.1, 0.15) is 0 Å². The summed E-state index contributed by atoms with van der Waals surface area (Å²) in [5.41, 5.74) is 6.64. The topological polar surface area (TPSA) is 55.6 Å². The molecular weight excluding hydrogens is 284 g/mol. The lowest BCUT2D eigenvalue weighted by molar-refractivity contribution is 0.0492. The second kappa shape index (κ2) is 6.61. The lowest BCUT2D eigenvalue weighted by atomic mass is 10.2. The van der Waals surface area contributed by atoms with Crippen LogP contribution in [0.5, 0.6) is 0 Å². The van der Waals surface area contributed by atoms with Gasteiger partial charge in [-0.25, -0.2) is 4.79 Å². The van der Waals surface area contributed by atoms with Gasteiger partial charge in [-0.3, -0.25) is 0 Å². The second-order valence-corrected chi connectivity index (χ2v) is 4.89. The van der Waals surface area contributed by atoms with Crippen LogP contribution < -0.4 is 5.73 Å². The minimum Gasteiger partial charge on any atom is -0.462 e. The molecule has 0 amide bonds. The van der Waals surface area contributed by atoms with Gasteiger partial charge in [-0.15, -0.1) is 0 Å². The summed E-state index contributed by atoms with van der Waals surface area (Å²) >= 11 is 3.30. The fraction of sp³-hybridized carbons (Fsp3) is 0.417. The Balaban J connectivity index is 2.49. The Hall–Kier alpha value is -1.07. The number of esters is 1. The molecule has 5 heteroatoms. The van der Waals surface area contributed by atoms with Gasteiger partial charge >= 0.3 is 5.97 Å². The average Bonchev–Trinajstić information content (AvgIpc) is 2.27. The van der Waals surface area contributed by atoms with Gasteiger partial charge in [-0.1, -0.05) is 0 Å². The number of hydrogen-bond acceptors (Lipinski definition) is 4. The van der Waals surface area contributed by atoms with Gasteiger partial charge in [-0.2, -0.15) is 0 Å². The van der Waals surface area contributed by atoms with Crippen molar-refractivity contribution in [3.8, 4) is 0 Å². The van der Waals surface area contributed by atoms with E-state index in [1.807, 2.05) is 19.0 Å². The van der Waals surface area contributed by atoms with Gasteiger partial charge in [0.2, 0.25) is 0 Å². The van der Waals surface area contributed by atoms with Gasteiger partial charge in [0, 0.05) is 16.7 Å². The van der Waals surface area contributed by atoms with E-state index in [-0.39, 0.29) is 5.97 Å². The van der Waals surface area contributed by atoms with Crippen LogP contribution in [0.3, 0.4) is 0 Å². The molecule has 0 aliphatic rings. The van der Waals surface area contributed by atoms with Crippen molar-refractivity contribution in [3.63, 3.8) is 0 Å². The molecule has 0 fully saturated rings. The van der Waals surface area contributed by atoms with Crippen LogP contribution in [-0.4, -0.2) is 38.1 Å². The first-order valence-electron chi connectivity index (χ1n) is 5.37. The number of rotatable bonds is 5. The third kappa shape index (κ3) is 4.75. The molecular formula is C12H17BrN2O2. The first-order valence-corrected chi connectivity index (χ1v) is 6.17. The van der Waals surface area contributed by atoms with E-state index in [0.717, 1.165) is 13.0 Å². The van der Waals surface area contributed by atoms with Crippen molar-refractivity contribution in [2.75, 3.05) is 33.0 Å². The summed E-state index contributed by atoms with van der Waals surface area (Å²) in [5.74, 6) is -0.345. The van der Waals surface area contributed by atoms with Crippen molar-refractivity contribution in [2.45, 2.75) is 6.42 Å². The van der Waals surface area contributed by atoms with Crippen LogP contribution >= 0.6 is 15.9 Å². The molecule has 0 heterocycles. The maximum atomic E-state index is 11.7. The van der Waals surface area contributed by atoms with Gasteiger partial charge < -0.3 is 15.4 Å². The summed E-state index contributed by atoms with van der Waals surface area (Å²) in [6.07, 6.45) is 0.818. The van der Waals surface area contributed by atoms with E-state index in [9.17, 15) is 4.79 Å². The summed E-state index contributed by atoms with van der Waals surface area (Å²) in [5, 5.41) is 0. The molecule has 0 unspecified atom stereocenters. The SMILES string of the molecule is CN(C)CCCOC(=O)c1cc(N)ccc1Br. The Morgan fingerprint density at radius 1 is 1.47 bits per heavy atom. The highest BCUT2D eigenvalue weighted by Crippen LogP contribution is 2.20. The van der Waals surface area contributed by atoms with Gasteiger partial charge in [0.25, 0.3) is 0 Å². The zero-order valence-corrected chi connectivity index (χ0v) is 11.7. The van der Waals surface area contributed by atoms with Crippen LogP contribution in [0.2, 0.25) is 0 Å². The van der Waals surface area contributed by atoms with E-state index in [1.54, 1.807) is 18.2 Å². The number of carbonyl (C=O) groups is 1. The Kier molecular flexibility index (Phi) is 5.44. The smallest absolute Gasteiger partial charge is 0.339 e. The zero-order chi connectivity index (χ0) is 12.8. The Labute approximate surface area is 110 Å². The number of nitrogens with zero attached hydrogens (tertiary/aromatic N) is 1. The molecule has 0 aromatic heterocycles. The molecule has 1 rings (SSSR count). The Morgan fingerprint density at radius 3 is 2.82 bits per heavy atom. The monoisotopic (exact) mass is 300 g/mol. The third-order valence-corrected chi connectivity index (χ3v) is 2.88. The highest BCUT2D eigenvalue weighted by Gasteiger charge is 2.11. The molecule has 0 saturated carbocycles. The minimum atomic E-state index is -0.345. The number of carbonyl (C=O) groups excluding carboxylic acids is 1. The van der Waals surface area contributed by atoms with E-state index in [1.165, 1.54) is 0 Å². The predicted octanol–water partition coefficient (Wildman–Crippen LogP) is 2.14. The second-order valence-electron chi connectivity index (χ2n) is 4.03. The molecule has 0 saturated heterocycles. The lowest BCUT2D eigenvalue weighted by Gasteiger charge is -2.10. The molecule has 0 aliphatic carbocycles. The van der Waals surface area contributed by atoms with Crippen molar-refractivity contribution in [1.82, 2.24) is 4.90 Å². The van der Waals surface area contributed by atoms with Crippen molar-refractivity contribution in [1.29, 1.82) is 0 Å². The number of nitrogens with two attached hydrogens (primary N) is 1. The molecule has 4 nitrogen and oxygen atoms in total. The normalized spacial score (nSPS) is 10.6. The van der Waals surface area contributed by atoms with E-state index >= 15 is 0 Å². The predicted molar refractivity (Wildman–Crippen MR) is 72.0 cm³/mol. The standard InChI is InChI=1S/C12H17BrN2O2/c1-15(2)6-3-7-17-12(16)10-8-9(14)4-5-11(10)13/h4-5,8H,3,6-7,14H2,1-2H3. The number of ether oxygens (including phenoxy) is 1. The first-order chi connectivity index (χ1) is 8.00. The minimum absolute atomic E-state index is 0.345. The summed E-state index contributed by atoms with van der Waals surface area (Å²) in [4.78, 5) is 13.8. The summed E-state index contributed by atoms with van der Waals surface area (Å²) in [6, 6.07) is 5.08. The molecule has 0 aliphatic heterocycles. The molecule has 0 spiro atoms. The largest absolute Gasteiger partial charge is 0.462 e. The number of anilines is 1. The highest BCUT2D eigenvalue weighted by atomic mass is 79.9. The zero-order valence-electron chi connectivity index (χ0n) is 10.1. The average molecular weight is 301 g/mol. The van der Waals surface area contributed by atoms with Gasteiger partial charge in [-0.05, 0) is 54.6 Å². The molecule has 2 N–H and O–H groups in total. The van der Waals surface area contributed by atoms with Crippen LogP contribution in [0.25, 0.3) is 0 Å². The van der Waals surface area contributed by atoms with E-state index in [4.69, 9.17) is 10.5 Å². The van der Waals surface area contributed by atoms with Crippen molar-refractivity contribution < 1.29 is 9.53 Å². The quantitative estimate of drug-likeness (QED) is 0.514. The van der Waals surface area contributed by atoms with Crippen molar-refractivity contribution in [3.05, 3.63) is 28.2 Å². The van der Waals surface area contributed by atoms with Crippen LogP contribution in [-0.2, 0) is 4.74 Å². The highest BCUT2D eigenvalue weighted by molar-refractivity contribution is 9.10. The maximum Gasteiger partial charge on any atom is 0.339 e. The van der Waals surface area contributed by atoms with Gasteiger partial charge in [0.05, 0.1) is 12.2 Å². The number of benzene rings is 1. The molecule has 1 aromatic carbocycles. The van der Waals surface area contributed by atoms with Crippen LogP contribution in [0.1, 0.15) is 16.8 Å². The molecule has 1 aromatic rings. The fourth-order valence-corrected chi connectivity index (χ4v) is 1.73. The Bertz CT molecular complexity index is 394. The summed E-state index contributed by atoms with van der Waals surface area (Å²) in [7, 11) is 3.96. The van der Waals surface area contributed by atoms with Crippen molar-refractivity contribution in [2.24, 2.45) is 0 Å². The molecule has 94 valence electrons. The molecule has 0 radical (unpaired) electrons. The number of hydrogen-bond donors (Lipinski definition) is 1. The summed E-state index contributed by atoms with van der Waals surface area (Å²) in [6.45, 7) is 1.31. The first kappa shape index (κ1) is 14.0.